The predicted molar refractivity (Wildman–Crippen MR) is 73.9 cm³/mol. The van der Waals surface area contributed by atoms with E-state index in [-0.39, 0.29) is 12.5 Å². The molecule has 1 aromatic carbocycles. The zero-order valence-corrected chi connectivity index (χ0v) is 11.7. The summed E-state index contributed by atoms with van der Waals surface area (Å²) in [4.78, 5) is 11.6. The fraction of sp³-hybridized carbons (Fsp3) is 0.500. The van der Waals surface area contributed by atoms with Crippen molar-refractivity contribution in [3.8, 4) is 17.2 Å². The van der Waals surface area contributed by atoms with Gasteiger partial charge in [0.25, 0.3) is 0 Å². The van der Waals surface area contributed by atoms with Crippen molar-refractivity contribution in [2.24, 2.45) is 17.4 Å². The van der Waals surface area contributed by atoms with E-state index in [1.165, 1.54) is 14.2 Å². The van der Waals surface area contributed by atoms with E-state index in [1.54, 1.807) is 18.2 Å². The Hall–Kier alpha value is -1.95. The fourth-order valence-electron chi connectivity index (χ4n) is 2.14. The van der Waals surface area contributed by atoms with Crippen LogP contribution in [0.5, 0.6) is 17.2 Å². The number of hydrogen-bond donors (Lipinski definition) is 2. The van der Waals surface area contributed by atoms with Crippen LogP contribution in [-0.2, 0) is 4.79 Å². The zero-order chi connectivity index (χ0) is 14.8. The number of carbonyl (C=O) groups excluding carboxylic acids is 1. The van der Waals surface area contributed by atoms with Gasteiger partial charge in [0, 0.05) is 0 Å². The first-order valence-corrected chi connectivity index (χ1v) is 6.45. The number of para-hydroxylation sites is 1. The number of methoxy groups -OCH3 is 2. The summed E-state index contributed by atoms with van der Waals surface area (Å²) < 4.78 is 16.2. The van der Waals surface area contributed by atoms with Crippen LogP contribution in [0.4, 0.5) is 0 Å². The first-order chi connectivity index (χ1) is 9.52. The number of hydrogen-bond acceptors (Lipinski definition) is 5. The number of benzene rings is 1. The Labute approximate surface area is 118 Å². The van der Waals surface area contributed by atoms with Gasteiger partial charge in [0.05, 0.1) is 14.2 Å². The summed E-state index contributed by atoms with van der Waals surface area (Å²) in [5.41, 5.74) is 10.4. The SMILES string of the molecule is COc1cccc(OC)c1OCC(N)(C(N)=O)C1CC1. The molecule has 0 heterocycles. The summed E-state index contributed by atoms with van der Waals surface area (Å²) >= 11 is 0. The Kier molecular flexibility index (Phi) is 4.04. The molecule has 4 N–H and O–H groups in total. The van der Waals surface area contributed by atoms with Gasteiger partial charge in [-0.2, -0.15) is 0 Å². The molecule has 20 heavy (non-hydrogen) atoms. The minimum atomic E-state index is -1.15. The Bertz CT molecular complexity index is 480. The van der Waals surface area contributed by atoms with Crippen LogP contribution in [0.2, 0.25) is 0 Å². The summed E-state index contributed by atoms with van der Waals surface area (Å²) in [6, 6.07) is 5.28. The molecule has 0 spiro atoms. The molecule has 6 heteroatoms. The molecule has 1 fully saturated rings. The van der Waals surface area contributed by atoms with Crippen LogP contribution in [0.15, 0.2) is 18.2 Å². The molecule has 0 radical (unpaired) electrons. The first kappa shape index (κ1) is 14.5. The molecule has 2 rings (SSSR count). The van der Waals surface area contributed by atoms with Crippen LogP contribution >= 0.6 is 0 Å². The molecule has 110 valence electrons. The average Bonchev–Trinajstić information content (AvgIpc) is 3.28. The van der Waals surface area contributed by atoms with Gasteiger partial charge in [-0.3, -0.25) is 4.79 Å². The standard InChI is InChI=1S/C14H20N2O4/c1-18-10-4-3-5-11(19-2)12(10)20-8-14(16,13(15)17)9-6-7-9/h3-5,9H,6-8,16H2,1-2H3,(H2,15,17). The van der Waals surface area contributed by atoms with Gasteiger partial charge in [0.2, 0.25) is 11.7 Å². The maximum Gasteiger partial charge on any atom is 0.241 e. The second kappa shape index (κ2) is 5.58. The molecular weight excluding hydrogens is 260 g/mol. The minimum absolute atomic E-state index is 0.00370. The van der Waals surface area contributed by atoms with E-state index in [0.717, 1.165) is 12.8 Å². The van der Waals surface area contributed by atoms with E-state index < -0.39 is 11.4 Å². The number of amides is 1. The molecule has 1 saturated carbocycles. The molecule has 1 amide bonds. The van der Waals surface area contributed by atoms with Crippen molar-refractivity contribution in [3.63, 3.8) is 0 Å². The molecule has 0 bridgehead atoms. The number of ether oxygens (including phenoxy) is 3. The molecule has 1 aliphatic rings. The number of primary amides is 1. The molecule has 1 aromatic rings. The molecule has 0 aromatic heterocycles. The molecule has 1 atom stereocenters. The van der Waals surface area contributed by atoms with Crippen molar-refractivity contribution < 1.29 is 19.0 Å². The van der Waals surface area contributed by atoms with Crippen LogP contribution in [-0.4, -0.2) is 32.3 Å². The molecule has 0 saturated heterocycles. The van der Waals surface area contributed by atoms with Gasteiger partial charge in [0.1, 0.15) is 12.1 Å². The van der Waals surface area contributed by atoms with E-state index in [0.29, 0.717) is 17.2 Å². The second-order valence-corrected chi connectivity index (χ2v) is 4.96. The minimum Gasteiger partial charge on any atom is -0.493 e. The number of carbonyl (C=O) groups is 1. The van der Waals surface area contributed by atoms with Crippen LogP contribution < -0.4 is 25.7 Å². The average molecular weight is 280 g/mol. The van der Waals surface area contributed by atoms with Crippen molar-refractivity contribution in [2.75, 3.05) is 20.8 Å². The Morgan fingerprint density at radius 2 is 1.85 bits per heavy atom. The second-order valence-electron chi connectivity index (χ2n) is 4.96. The van der Waals surface area contributed by atoms with E-state index >= 15 is 0 Å². The van der Waals surface area contributed by atoms with E-state index in [2.05, 4.69) is 0 Å². The third-order valence-corrected chi connectivity index (χ3v) is 3.60. The van der Waals surface area contributed by atoms with Gasteiger partial charge in [-0.15, -0.1) is 0 Å². The molecular formula is C14H20N2O4. The topological polar surface area (TPSA) is 96.8 Å². The fourth-order valence-corrected chi connectivity index (χ4v) is 2.14. The van der Waals surface area contributed by atoms with Crippen LogP contribution in [0.3, 0.4) is 0 Å². The van der Waals surface area contributed by atoms with Gasteiger partial charge < -0.3 is 25.7 Å². The van der Waals surface area contributed by atoms with Crippen LogP contribution in [0.1, 0.15) is 12.8 Å². The predicted octanol–water partition coefficient (Wildman–Crippen LogP) is 0.675. The van der Waals surface area contributed by atoms with Crippen LogP contribution in [0.25, 0.3) is 0 Å². The van der Waals surface area contributed by atoms with Gasteiger partial charge in [0.15, 0.2) is 11.5 Å². The number of nitrogens with two attached hydrogens (primary N) is 2. The zero-order valence-electron chi connectivity index (χ0n) is 11.7. The lowest BCUT2D eigenvalue weighted by molar-refractivity contribution is -0.125. The molecule has 0 aliphatic heterocycles. The Balaban J connectivity index is 2.19. The highest BCUT2D eigenvalue weighted by atomic mass is 16.5. The Morgan fingerprint density at radius 3 is 2.25 bits per heavy atom. The highest BCUT2D eigenvalue weighted by Gasteiger charge is 2.47. The van der Waals surface area contributed by atoms with Crippen molar-refractivity contribution >= 4 is 5.91 Å². The Morgan fingerprint density at radius 1 is 1.30 bits per heavy atom. The largest absolute Gasteiger partial charge is 0.493 e. The maximum atomic E-state index is 11.6. The molecule has 1 aliphatic carbocycles. The first-order valence-electron chi connectivity index (χ1n) is 6.45. The molecule has 1 unspecified atom stereocenters. The monoisotopic (exact) mass is 280 g/mol. The van der Waals surface area contributed by atoms with Crippen LogP contribution in [0, 0.1) is 5.92 Å². The van der Waals surface area contributed by atoms with Gasteiger partial charge in [-0.05, 0) is 30.9 Å². The lowest BCUT2D eigenvalue weighted by Gasteiger charge is -2.26. The number of rotatable bonds is 7. The maximum absolute atomic E-state index is 11.6. The highest BCUT2D eigenvalue weighted by Crippen LogP contribution is 2.41. The quantitative estimate of drug-likeness (QED) is 0.765. The van der Waals surface area contributed by atoms with E-state index in [9.17, 15) is 4.79 Å². The lowest BCUT2D eigenvalue weighted by atomic mass is 9.95. The summed E-state index contributed by atoms with van der Waals surface area (Å²) in [6.45, 7) is 0.00370. The van der Waals surface area contributed by atoms with Gasteiger partial charge in [-0.25, -0.2) is 0 Å². The van der Waals surface area contributed by atoms with Crippen molar-refractivity contribution in [1.29, 1.82) is 0 Å². The van der Waals surface area contributed by atoms with Crippen molar-refractivity contribution in [2.45, 2.75) is 18.4 Å². The summed E-state index contributed by atoms with van der Waals surface area (Å²) in [6.07, 6.45) is 1.79. The normalized spacial score (nSPS) is 17.1. The smallest absolute Gasteiger partial charge is 0.241 e. The lowest BCUT2D eigenvalue weighted by Crippen LogP contribution is -2.58. The van der Waals surface area contributed by atoms with Gasteiger partial charge in [-0.1, -0.05) is 6.07 Å². The third kappa shape index (κ3) is 2.65. The summed E-state index contributed by atoms with van der Waals surface area (Å²) in [5, 5.41) is 0. The summed E-state index contributed by atoms with van der Waals surface area (Å²) in [7, 11) is 3.07. The summed E-state index contributed by atoms with van der Waals surface area (Å²) in [5.74, 6) is 1.00. The van der Waals surface area contributed by atoms with Crippen molar-refractivity contribution in [3.05, 3.63) is 18.2 Å². The third-order valence-electron chi connectivity index (χ3n) is 3.60. The highest BCUT2D eigenvalue weighted by molar-refractivity contribution is 5.85. The van der Waals surface area contributed by atoms with E-state index in [4.69, 9.17) is 25.7 Å². The van der Waals surface area contributed by atoms with E-state index in [1.807, 2.05) is 0 Å². The molecule has 6 nitrogen and oxygen atoms in total. The van der Waals surface area contributed by atoms with Crippen molar-refractivity contribution in [1.82, 2.24) is 0 Å². The van der Waals surface area contributed by atoms with Gasteiger partial charge >= 0.3 is 0 Å².